The van der Waals surface area contributed by atoms with E-state index in [2.05, 4.69) is 0 Å². The third-order valence-corrected chi connectivity index (χ3v) is 3.25. The van der Waals surface area contributed by atoms with Gasteiger partial charge in [-0.2, -0.15) is 0 Å². The van der Waals surface area contributed by atoms with Crippen LogP contribution in [-0.4, -0.2) is 14.2 Å². The lowest BCUT2D eigenvalue weighted by Crippen LogP contribution is -2.13. The molecule has 0 bridgehead atoms. The second kappa shape index (κ2) is 5.92. The quantitative estimate of drug-likeness (QED) is 0.932. The summed E-state index contributed by atoms with van der Waals surface area (Å²) in [6.45, 7) is 1.99. The van der Waals surface area contributed by atoms with Crippen LogP contribution < -0.4 is 15.2 Å². The van der Waals surface area contributed by atoms with Crippen LogP contribution in [0.15, 0.2) is 36.4 Å². The molecule has 2 aromatic rings. The number of benzene rings is 2. The second-order valence-corrected chi connectivity index (χ2v) is 4.62. The molecule has 0 aliphatic carbocycles. The lowest BCUT2D eigenvalue weighted by molar-refractivity contribution is 0.385. The van der Waals surface area contributed by atoms with Gasteiger partial charge in [0.25, 0.3) is 0 Å². The molecule has 1 unspecified atom stereocenters. The van der Waals surface area contributed by atoms with Crippen molar-refractivity contribution in [3.63, 3.8) is 0 Å². The van der Waals surface area contributed by atoms with E-state index in [9.17, 15) is 4.39 Å². The van der Waals surface area contributed by atoms with Crippen molar-refractivity contribution in [3.8, 4) is 11.5 Å². The second-order valence-electron chi connectivity index (χ2n) is 4.62. The van der Waals surface area contributed by atoms with E-state index >= 15 is 0 Å². The van der Waals surface area contributed by atoms with Crippen molar-refractivity contribution < 1.29 is 13.9 Å². The van der Waals surface area contributed by atoms with Crippen molar-refractivity contribution in [3.05, 3.63) is 58.9 Å². The molecule has 0 aromatic heterocycles. The molecular formula is C16H18FNO2. The molecule has 0 saturated carbocycles. The molecule has 106 valence electrons. The van der Waals surface area contributed by atoms with Gasteiger partial charge < -0.3 is 15.2 Å². The first-order chi connectivity index (χ1) is 9.56. The van der Waals surface area contributed by atoms with Gasteiger partial charge >= 0.3 is 0 Å². The Morgan fingerprint density at radius 1 is 1.00 bits per heavy atom. The molecule has 0 radical (unpaired) electrons. The average Bonchev–Trinajstić information content (AvgIpc) is 2.47. The van der Waals surface area contributed by atoms with E-state index in [0.717, 1.165) is 16.7 Å². The number of rotatable bonds is 4. The van der Waals surface area contributed by atoms with Crippen LogP contribution in [0.1, 0.15) is 22.7 Å². The fourth-order valence-corrected chi connectivity index (χ4v) is 2.15. The number of hydrogen-bond donors (Lipinski definition) is 1. The Bertz CT molecular complexity index is 613. The smallest absolute Gasteiger partial charge is 0.165 e. The predicted octanol–water partition coefficient (Wildman–Crippen LogP) is 3.20. The molecule has 1 atom stereocenters. The lowest BCUT2D eigenvalue weighted by Gasteiger charge is -2.17. The molecule has 2 rings (SSSR count). The van der Waals surface area contributed by atoms with Gasteiger partial charge in [-0.15, -0.1) is 0 Å². The number of ether oxygens (including phenoxy) is 2. The average molecular weight is 275 g/mol. The monoisotopic (exact) mass is 275 g/mol. The van der Waals surface area contributed by atoms with E-state index in [1.807, 2.05) is 25.1 Å². The molecule has 0 aliphatic heterocycles. The maximum atomic E-state index is 13.5. The van der Waals surface area contributed by atoms with Gasteiger partial charge in [-0.05, 0) is 30.7 Å². The molecule has 0 heterocycles. The zero-order valence-electron chi connectivity index (χ0n) is 11.8. The third-order valence-electron chi connectivity index (χ3n) is 3.25. The van der Waals surface area contributed by atoms with Gasteiger partial charge in [0.05, 0.1) is 20.3 Å². The summed E-state index contributed by atoms with van der Waals surface area (Å²) in [5.41, 5.74) is 9.00. The molecule has 2 aromatic carbocycles. The highest BCUT2D eigenvalue weighted by molar-refractivity contribution is 5.45. The summed E-state index contributed by atoms with van der Waals surface area (Å²) in [6.07, 6.45) is 0. The van der Waals surface area contributed by atoms with Crippen LogP contribution in [0.4, 0.5) is 4.39 Å². The van der Waals surface area contributed by atoms with Gasteiger partial charge in [-0.1, -0.05) is 23.8 Å². The summed E-state index contributed by atoms with van der Waals surface area (Å²) in [7, 11) is 3.03. The Morgan fingerprint density at radius 3 is 2.35 bits per heavy atom. The molecule has 4 heteroatoms. The Hall–Kier alpha value is -2.07. The molecule has 0 aliphatic rings. The summed E-state index contributed by atoms with van der Waals surface area (Å²) in [4.78, 5) is 0. The van der Waals surface area contributed by atoms with E-state index < -0.39 is 11.9 Å². The van der Waals surface area contributed by atoms with Crippen LogP contribution in [0.5, 0.6) is 11.5 Å². The maximum absolute atomic E-state index is 13.5. The highest BCUT2D eigenvalue weighted by Crippen LogP contribution is 2.31. The summed E-state index contributed by atoms with van der Waals surface area (Å²) >= 11 is 0. The largest absolute Gasteiger partial charge is 0.496 e. The molecule has 3 nitrogen and oxygen atoms in total. The molecular weight excluding hydrogens is 257 g/mol. The minimum atomic E-state index is -0.403. The molecule has 0 spiro atoms. The van der Waals surface area contributed by atoms with Crippen LogP contribution in [0.25, 0.3) is 0 Å². The van der Waals surface area contributed by atoms with Gasteiger partial charge in [0.2, 0.25) is 0 Å². The highest BCUT2D eigenvalue weighted by Gasteiger charge is 2.16. The van der Waals surface area contributed by atoms with Crippen molar-refractivity contribution in [1.82, 2.24) is 0 Å². The van der Waals surface area contributed by atoms with E-state index in [-0.39, 0.29) is 5.75 Å². The van der Waals surface area contributed by atoms with Crippen LogP contribution in [0.2, 0.25) is 0 Å². The van der Waals surface area contributed by atoms with Crippen molar-refractivity contribution in [2.75, 3.05) is 14.2 Å². The fraction of sp³-hybridized carbons (Fsp3) is 0.250. The van der Waals surface area contributed by atoms with Crippen molar-refractivity contribution in [2.24, 2.45) is 5.73 Å². The van der Waals surface area contributed by atoms with Gasteiger partial charge in [-0.3, -0.25) is 0 Å². The highest BCUT2D eigenvalue weighted by atomic mass is 19.1. The first-order valence-corrected chi connectivity index (χ1v) is 6.30. The lowest BCUT2D eigenvalue weighted by atomic mass is 9.97. The Balaban J connectivity index is 2.45. The normalized spacial score (nSPS) is 12.1. The van der Waals surface area contributed by atoms with E-state index in [4.69, 9.17) is 15.2 Å². The van der Waals surface area contributed by atoms with Crippen LogP contribution >= 0.6 is 0 Å². The summed E-state index contributed by atoms with van der Waals surface area (Å²) < 4.78 is 23.8. The van der Waals surface area contributed by atoms with Crippen LogP contribution in [0, 0.1) is 12.7 Å². The topological polar surface area (TPSA) is 44.5 Å². The van der Waals surface area contributed by atoms with Crippen LogP contribution in [0.3, 0.4) is 0 Å². The third kappa shape index (κ3) is 2.75. The number of nitrogens with two attached hydrogens (primary N) is 1. The SMILES string of the molecule is COc1cc(C(N)c2cc(C)ccc2OC)ccc1F. The number of hydrogen-bond acceptors (Lipinski definition) is 3. The minimum Gasteiger partial charge on any atom is -0.496 e. The minimum absolute atomic E-state index is 0.185. The molecule has 2 N–H and O–H groups in total. The van der Waals surface area contributed by atoms with E-state index in [1.165, 1.54) is 13.2 Å². The van der Waals surface area contributed by atoms with Gasteiger partial charge in [0, 0.05) is 5.56 Å². The van der Waals surface area contributed by atoms with Gasteiger partial charge in [0.1, 0.15) is 5.75 Å². The molecule has 20 heavy (non-hydrogen) atoms. The number of methoxy groups -OCH3 is 2. The van der Waals surface area contributed by atoms with Crippen molar-refractivity contribution in [2.45, 2.75) is 13.0 Å². The standard InChI is InChI=1S/C16H18FNO2/c1-10-4-7-14(19-2)12(8-10)16(18)11-5-6-13(17)15(9-11)20-3/h4-9,16H,18H2,1-3H3. The number of aryl methyl sites for hydroxylation is 1. The fourth-order valence-electron chi connectivity index (χ4n) is 2.15. The molecule has 0 fully saturated rings. The molecule has 0 amide bonds. The van der Waals surface area contributed by atoms with Crippen LogP contribution in [-0.2, 0) is 0 Å². The van der Waals surface area contributed by atoms with Gasteiger partial charge in [-0.25, -0.2) is 4.39 Å². The summed E-state index contributed by atoms with van der Waals surface area (Å²) in [5, 5.41) is 0. The number of halogens is 1. The Labute approximate surface area is 118 Å². The zero-order chi connectivity index (χ0) is 14.7. The summed E-state index contributed by atoms with van der Waals surface area (Å²) in [6, 6.07) is 10.0. The maximum Gasteiger partial charge on any atom is 0.165 e. The first-order valence-electron chi connectivity index (χ1n) is 6.30. The van der Waals surface area contributed by atoms with Crippen molar-refractivity contribution >= 4 is 0 Å². The predicted molar refractivity (Wildman–Crippen MR) is 76.7 cm³/mol. The van der Waals surface area contributed by atoms with E-state index in [1.54, 1.807) is 19.2 Å². The van der Waals surface area contributed by atoms with E-state index in [0.29, 0.717) is 5.75 Å². The Morgan fingerprint density at radius 2 is 1.70 bits per heavy atom. The molecule has 0 saturated heterocycles. The first kappa shape index (κ1) is 14.3. The van der Waals surface area contributed by atoms with Crippen molar-refractivity contribution in [1.29, 1.82) is 0 Å². The summed E-state index contributed by atoms with van der Waals surface area (Å²) in [5.74, 6) is 0.496. The van der Waals surface area contributed by atoms with Gasteiger partial charge in [0.15, 0.2) is 11.6 Å². The Kier molecular flexibility index (Phi) is 4.25. The zero-order valence-corrected chi connectivity index (χ0v) is 11.8.